The average molecular weight is 325 g/mol. The van der Waals surface area contributed by atoms with Gasteiger partial charge in [0, 0.05) is 5.92 Å². The first-order chi connectivity index (χ1) is 11.7. The number of ether oxygens (including phenoxy) is 1. The highest BCUT2D eigenvalue weighted by Crippen LogP contribution is 2.42. The topological polar surface area (TPSA) is 82.6 Å². The molecule has 2 saturated heterocycles. The van der Waals surface area contributed by atoms with Crippen LogP contribution in [0.4, 0.5) is 0 Å². The molecule has 2 fully saturated rings. The summed E-state index contributed by atoms with van der Waals surface area (Å²) in [6.07, 6.45) is 0. The van der Waals surface area contributed by atoms with E-state index in [0.29, 0.717) is 0 Å². The SMILES string of the molecule is COc1cccc(C2NNC3C(=O)NC(c4ccc(O)cc4)C32)c1. The average Bonchev–Trinajstić information content (AvgIpc) is 3.17. The van der Waals surface area contributed by atoms with Gasteiger partial charge >= 0.3 is 0 Å². The van der Waals surface area contributed by atoms with Crippen LogP contribution < -0.4 is 20.9 Å². The first-order valence-corrected chi connectivity index (χ1v) is 7.91. The molecule has 0 aliphatic carbocycles. The molecule has 6 heteroatoms. The molecule has 4 rings (SSSR count). The Balaban J connectivity index is 1.70. The van der Waals surface area contributed by atoms with Crippen LogP contribution in [0, 0.1) is 5.92 Å². The molecule has 0 saturated carbocycles. The molecule has 0 spiro atoms. The Labute approximate surface area is 139 Å². The molecule has 2 aliphatic heterocycles. The van der Waals surface area contributed by atoms with Gasteiger partial charge in [0.2, 0.25) is 5.91 Å². The van der Waals surface area contributed by atoms with E-state index in [1.807, 2.05) is 36.4 Å². The first-order valence-electron chi connectivity index (χ1n) is 7.91. The van der Waals surface area contributed by atoms with Crippen molar-refractivity contribution in [1.29, 1.82) is 0 Å². The minimum absolute atomic E-state index is 0.0176. The van der Waals surface area contributed by atoms with Gasteiger partial charge in [0.05, 0.1) is 19.2 Å². The van der Waals surface area contributed by atoms with E-state index in [1.54, 1.807) is 19.2 Å². The summed E-state index contributed by atoms with van der Waals surface area (Å²) < 4.78 is 5.31. The van der Waals surface area contributed by atoms with Crippen molar-refractivity contribution < 1.29 is 14.6 Å². The van der Waals surface area contributed by atoms with Crippen molar-refractivity contribution in [2.45, 2.75) is 18.1 Å². The second-order valence-electron chi connectivity index (χ2n) is 6.18. The summed E-state index contributed by atoms with van der Waals surface area (Å²) in [6, 6.07) is 14.4. The number of carbonyl (C=O) groups excluding carboxylic acids is 1. The van der Waals surface area contributed by atoms with Crippen LogP contribution in [0.2, 0.25) is 0 Å². The number of nitrogens with one attached hydrogen (secondary N) is 3. The summed E-state index contributed by atoms with van der Waals surface area (Å²) in [5.74, 6) is 1.01. The second kappa shape index (κ2) is 5.81. The molecule has 4 unspecified atom stereocenters. The fraction of sp³-hybridized carbons (Fsp3) is 0.278. The summed E-state index contributed by atoms with van der Waals surface area (Å²) in [7, 11) is 1.64. The number of hydrazine groups is 1. The van der Waals surface area contributed by atoms with Crippen molar-refractivity contribution in [3.63, 3.8) is 0 Å². The number of hydrogen-bond donors (Lipinski definition) is 4. The van der Waals surface area contributed by atoms with Crippen molar-refractivity contribution in [1.82, 2.24) is 16.2 Å². The Morgan fingerprint density at radius 3 is 2.46 bits per heavy atom. The minimum Gasteiger partial charge on any atom is -0.508 e. The molecule has 2 aromatic carbocycles. The molecule has 2 aliphatic rings. The number of carbonyl (C=O) groups is 1. The molecule has 0 bridgehead atoms. The van der Waals surface area contributed by atoms with Crippen LogP contribution in [0.25, 0.3) is 0 Å². The predicted molar refractivity (Wildman–Crippen MR) is 88.3 cm³/mol. The Morgan fingerprint density at radius 2 is 1.71 bits per heavy atom. The molecule has 4 atom stereocenters. The predicted octanol–water partition coefficient (Wildman–Crippen LogP) is 1.41. The van der Waals surface area contributed by atoms with E-state index < -0.39 is 0 Å². The molecular weight excluding hydrogens is 306 g/mol. The number of methoxy groups -OCH3 is 1. The first kappa shape index (κ1) is 15.0. The van der Waals surface area contributed by atoms with Crippen molar-refractivity contribution in [3.8, 4) is 11.5 Å². The normalized spacial score (nSPS) is 28.5. The molecule has 24 heavy (non-hydrogen) atoms. The highest BCUT2D eigenvalue weighted by Gasteiger charge is 2.51. The van der Waals surface area contributed by atoms with Crippen molar-refractivity contribution in [3.05, 3.63) is 59.7 Å². The highest BCUT2D eigenvalue weighted by molar-refractivity contribution is 5.86. The smallest absolute Gasteiger partial charge is 0.239 e. The maximum absolute atomic E-state index is 12.3. The molecule has 4 N–H and O–H groups in total. The van der Waals surface area contributed by atoms with Gasteiger partial charge in [0.25, 0.3) is 0 Å². The zero-order valence-corrected chi connectivity index (χ0v) is 13.2. The van der Waals surface area contributed by atoms with Crippen LogP contribution in [0.3, 0.4) is 0 Å². The largest absolute Gasteiger partial charge is 0.508 e. The zero-order valence-electron chi connectivity index (χ0n) is 13.2. The van der Waals surface area contributed by atoms with Gasteiger partial charge in [-0.05, 0) is 35.4 Å². The number of hydrogen-bond acceptors (Lipinski definition) is 5. The fourth-order valence-electron chi connectivity index (χ4n) is 3.66. The van der Waals surface area contributed by atoms with E-state index in [4.69, 9.17) is 4.74 Å². The van der Waals surface area contributed by atoms with Crippen LogP contribution >= 0.6 is 0 Å². The number of benzene rings is 2. The lowest BCUT2D eigenvalue weighted by Gasteiger charge is -2.24. The number of amides is 1. The Hall–Kier alpha value is -2.57. The van der Waals surface area contributed by atoms with Gasteiger partial charge in [0.15, 0.2) is 0 Å². The maximum atomic E-state index is 12.3. The van der Waals surface area contributed by atoms with Gasteiger partial charge in [-0.1, -0.05) is 24.3 Å². The zero-order chi connectivity index (χ0) is 16.7. The Morgan fingerprint density at radius 1 is 0.958 bits per heavy atom. The Kier molecular flexibility index (Phi) is 3.63. The summed E-state index contributed by atoms with van der Waals surface area (Å²) in [4.78, 5) is 12.3. The maximum Gasteiger partial charge on any atom is 0.239 e. The van der Waals surface area contributed by atoms with Gasteiger partial charge in [-0.25, -0.2) is 10.9 Å². The standard InChI is InChI=1S/C18H19N3O3/c1-24-13-4-2-3-11(9-13)16-14-15(10-5-7-12(22)8-6-10)19-18(23)17(14)21-20-16/h2-9,14-17,20-22H,1H3,(H,19,23). The third-order valence-corrected chi connectivity index (χ3v) is 4.83. The summed E-state index contributed by atoms with van der Waals surface area (Å²) in [5, 5.41) is 12.6. The van der Waals surface area contributed by atoms with E-state index in [-0.39, 0.29) is 35.7 Å². The Bertz CT molecular complexity index is 762. The number of aromatic hydroxyl groups is 1. The van der Waals surface area contributed by atoms with E-state index in [1.165, 1.54) is 0 Å². The van der Waals surface area contributed by atoms with Gasteiger partial charge in [-0.2, -0.15) is 0 Å². The number of phenolic OH excluding ortho intramolecular Hbond substituents is 1. The van der Waals surface area contributed by atoms with Crippen LogP contribution in [-0.2, 0) is 4.79 Å². The van der Waals surface area contributed by atoms with Crippen molar-refractivity contribution >= 4 is 5.91 Å². The lowest BCUT2D eigenvalue weighted by atomic mass is 9.83. The van der Waals surface area contributed by atoms with Crippen molar-refractivity contribution in [2.24, 2.45) is 5.92 Å². The van der Waals surface area contributed by atoms with E-state index >= 15 is 0 Å². The quantitative estimate of drug-likeness (QED) is 0.686. The van der Waals surface area contributed by atoms with Crippen LogP contribution in [0.1, 0.15) is 23.2 Å². The van der Waals surface area contributed by atoms with Crippen LogP contribution in [0.5, 0.6) is 11.5 Å². The van der Waals surface area contributed by atoms with E-state index in [0.717, 1.165) is 16.9 Å². The van der Waals surface area contributed by atoms with Gasteiger partial charge < -0.3 is 15.2 Å². The minimum atomic E-state index is -0.292. The summed E-state index contributed by atoms with van der Waals surface area (Å²) in [6.45, 7) is 0. The fourth-order valence-corrected chi connectivity index (χ4v) is 3.66. The monoisotopic (exact) mass is 325 g/mol. The molecule has 2 aromatic rings. The molecule has 1 amide bonds. The van der Waals surface area contributed by atoms with Gasteiger partial charge in [-0.3, -0.25) is 4.79 Å². The molecule has 0 radical (unpaired) electrons. The van der Waals surface area contributed by atoms with E-state index in [9.17, 15) is 9.90 Å². The molecule has 2 heterocycles. The van der Waals surface area contributed by atoms with Gasteiger partial charge in [0.1, 0.15) is 17.5 Å². The van der Waals surface area contributed by atoms with Crippen LogP contribution in [-0.4, -0.2) is 24.2 Å². The molecule has 0 aromatic heterocycles. The molecular formula is C18H19N3O3. The molecule has 6 nitrogen and oxygen atoms in total. The lowest BCUT2D eigenvalue weighted by molar-refractivity contribution is -0.121. The van der Waals surface area contributed by atoms with E-state index in [2.05, 4.69) is 16.2 Å². The summed E-state index contributed by atoms with van der Waals surface area (Å²) in [5.41, 5.74) is 8.41. The number of phenols is 1. The van der Waals surface area contributed by atoms with Crippen LogP contribution in [0.15, 0.2) is 48.5 Å². The van der Waals surface area contributed by atoms with Gasteiger partial charge in [-0.15, -0.1) is 0 Å². The highest BCUT2D eigenvalue weighted by atomic mass is 16.5. The number of rotatable bonds is 3. The second-order valence-corrected chi connectivity index (χ2v) is 6.18. The van der Waals surface area contributed by atoms with Crippen molar-refractivity contribution in [2.75, 3.05) is 7.11 Å². The third-order valence-electron chi connectivity index (χ3n) is 4.83. The third kappa shape index (κ3) is 2.40. The number of fused-ring (bicyclic) bond motifs is 1. The lowest BCUT2D eigenvalue weighted by Crippen LogP contribution is -2.39. The molecule has 124 valence electrons. The summed E-state index contributed by atoms with van der Waals surface area (Å²) >= 11 is 0.